The van der Waals surface area contributed by atoms with Crippen LogP contribution in [-0.4, -0.2) is 23.3 Å². The van der Waals surface area contributed by atoms with Crippen LogP contribution < -0.4 is 5.32 Å². The van der Waals surface area contributed by atoms with Crippen molar-refractivity contribution in [1.82, 2.24) is 5.32 Å². The molecule has 0 saturated heterocycles. The van der Waals surface area contributed by atoms with Gasteiger partial charge in [0.15, 0.2) is 0 Å². The van der Waals surface area contributed by atoms with Crippen molar-refractivity contribution in [3.63, 3.8) is 0 Å². The molecule has 2 aliphatic carbocycles. The molecule has 0 aromatic heterocycles. The Morgan fingerprint density at radius 1 is 1.06 bits per heavy atom. The minimum Gasteiger partial charge on any atom is -0.392 e. The van der Waals surface area contributed by atoms with E-state index in [9.17, 15) is 5.11 Å². The first kappa shape index (κ1) is 12.4. The fourth-order valence-electron chi connectivity index (χ4n) is 3.46. The number of aliphatic hydroxyl groups excluding tert-OH is 1. The first-order chi connectivity index (χ1) is 7.79. The van der Waals surface area contributed by atoms with E-state index < -0.39 is 0 Å². The summed E-state index contributed by atoms with van der Waals surface area (Å²) in [7, 11) is 0. The van der Waals surface area contributed by atoms with E-state index in [1.807, 2.05) is 0 Å². The number of aliphatic hydroxyl groups is 1. The summed E-state index contributed by atoms with van der Waals surface area (Å²) in [6.45, 7) is 2.29. The van der Waals surface area contributed by atoms with Gasteiger partial charge in [0, 0.05) is 12.1 Å². The smallest absolute Gasteiger partial charge is 0.0693 e. The largest absolute Gasteiger partial charge is 0.392 e. The monoisotopic (exact) mass is 225 g/mol. The fourth-order valence-corrected chi connectivity index (χ4v) is 3.46. The molecule has 94 valence electrons. The summed E-state index contributed by atoms with van der Waals surface area (Å²) in [5.41, 5.74) is 0. The summed E-state index contributed by atoms with van der Waals surface area (Å²) < 4.78 is 0. The zero-order chi connectivity index (χ0) is 11.4. The lowest BCUT2D eigenvalue weighted by molar-refractivity contribution is 0.134. The van der Waals surface area contributed by atoms with Gasteiger partial charge >= 0.3 is 0 Å². The van der Waals surface area contributed by atoms with Crippen LogP contribution in [0.4, 0.5) is 0 Å². The molecule has 0 amide bonds. The Morgan fingerprint density at radius 2 is 1.81 bits per heavy atom. The van der Waals surface area contributed by atoms with Gasteiger partial charge in [-0.15, -0.1) is 0 Å². The third-order valence-corrected chi connectivity index (χ3v) is 4.47. The van der Waals surface area contributed by atoms with E-state index in [0.29, 0.717) is 12.1 Å². The predicted molar refractivity (Wildman–Crippen MR) is 67.4 cm³/mol. The molecule has 2 fully saturated rings. The molecule has 0 aromatic carbocycles. The van der Waals surface area contributed by atoms with Gasteiger partial charge in [-0.2, -0.15) is 0 Å². The lowest BCUT2D eigenvalue weighted by Crippen LogP contribution is -2.44. The normalized spacial score (nSPS) is 40.1. The van der Waals surface area contributed by atoms with Gasteiger partial charge in [-0.05, 0) is 50.9 Å². The van der Waals surface area contributed by atoms with Crippen molar-refractivity contribution in [2.24, 2.45) is 5.92 Å². The van der Waals surface area contributed by atoms with Gasteiger partial charge in [0.1, 0.15) is 0 Å². The van der Waals surface area contributed by atoms with Crippen molar-refractivity contribution >= 4 is 0 Å². The van der Waals surface area contributed by atoms with Crippen LogP contribution in [0.15, 0.2) is 0 Å². The lowest BCUT2D eigenvalue weighted by Gasteiger charge is -2.32. The molecule has 2 aliphatic rings. The third kappa shape index (κ3) is 3.21. The molecule has 2 N–H and O–H groups in total. The maximum Gasteiger partial charge on any atom is 0.0693 e. The average Bonchev–Trinajstić information content (AvgIpc) is 2.68. The van der Waals surface area contributed by atoms with Gasteiger partial charge in [-0.25, -0.2) is 0 Å². The zero-order valence-electron chi connectivity index (χ0n) is 10.6. The molecule has 2 saturated carbocycles. The van der Waals surface area contributed by atoms with E-state index in [2.05, 4.69) is 12.2 Å². The Bertz CT molecular complexity index is 199. The standard InChI is InChI=1S/C14H27NO/c1-2-4-11-7-9-12(10-8-11)15-13-5-3-6-14(13)16/h11-16H,2-10H2,1H3. The summed E-state index contributed by atoms with van der Waals surface area (Å²) in [5.74, 6) is 0.983. The number of nitrogens with one attached hydrogen (secondary N) is 1. The summed E-state index contributed by atoms with van der Waals surface area (Å²) in [6.07, 6.45) is 11.5. The molecule has 2 unspecified atom stereocenters. The van der Waals surface area contributed by atoms with Crippen LogP contribution in [0, 0.1) is 5.92 Å². The van der Waals surface area contributed by atoms with Crippen LogP contribution in [0.2, 0.25) is 0 Å². The van der Waals surface area contributed by atoms with Crippen LogP contribution in [0.25, 0.3) is 0 Å². The summed E-state index contributed by atoms with van der Waals surface area (Å²) in [4.78, 5) is 0. The second kappa shape index (κ2) is 6.02. The SMILES string of the molecule is CCCC1CCC(NC2CCCC2O)CC1. The summed E-state index contributed by atoms with van der Waals surface area (Å²) in [6, 6.07) is 1.08. The van der Waals surface area contributed by atoms with Crippen LogP contribution in [0.1, 0.15) is 64.7 Å². The molecule has 0 heterocycles. The summed E-state index contributed by atoms with van der Waals surface area (Å²) >= 11 is 0. The van der Waals surface area contributed by atoms with E-state index in [1.165, 1.54) is 51.4 Å². The molecule has 0 aromatic rings. The van der Waals surface area contributed by atoms with Gasteiger partial charge in [-0.1, -0.05) is 19.8 Å². The maximum atomic E-state index is 9.79. The molecular formula is C14H27NO. The highest BCUT2D eigenvalue weighted by Crippen LogP contribution is 2.29. The van der Waals surface area contributed by atoms with Gasteiger partial charge < -0.3 is 10.4 Å². The summed E-state index contributed by atoms with van der Waals surface area (Å²) in [5, 5.41) is 13.5. The second-order valence-corrected chi connectivity index (χ2v) is 5.78. The first-order valence-electron chi connectivity index (χ1n) is 7.23. The van der Waals surface area contributed by atoms with Gasteiger partial charge in [0.05, 0.1) is 6.10 Å². The van der Waals surface area contributed by atoms with E-state index in [0.717, 1.165) is 12.3 Å². The fraction of sp³-hybridized carbons (Fsp3) is 1.00. The lowest BCUT2D eigenvalue weighted by atomic mass is 9.83. The Labute approximate surface area is 99.8 Å². The molecule has 0 aliphatic heterocycles. The highest BCUT2D eigenvalue weighted by atomic mass is 16.3. The topological polar surface area (TPSA) is 32.3 Å². The molecule has 0 spiro atoms. The Hall–Kier alpha value is -0.0800. The van der Waals surface area contributed by atoms with E-state index >= 15 is 0 Å². The van der Waals surface area contributed by atoms with Crippen molar-refractivity contribution in [3.8, 4) is 0 Å². The van der Waals surface area contributed by atoms with Gasteiger partial charge in [0.2, 0.25) is 0 Å². The van der Waals surface area contributed by atoms with E-state index in [-0.39, 0.29) is 6.10 Å². The predicted octanol–water partition coefficient (Wildman–Crippen LogP) is 2.85. The molecule has 0 bridgehead atoms. The minimum absolute atomic E-state index is 0.0756. The highest BCUT2D eigenvalue weighted by Gasteiger charge is 2.29. The third-order valence-electron chi connectivity index (χ3n) is 4.47. The molecule has 2 rings (SSSR count). The first-order valence-corrected chi connectivity index (χ1v) is 7.23. The Morgan fingerprint density at radius 3 is 2.38 bits per heavy atom. The highest BCUT2D eigenvalue weighted by molar-refractivity contribution is 4.87. The quantitative estimate of drug-likeness (QED) is 0.771. The van der Waals surface area contributed by atoms with Gasteiger partial charge in [-0.3, -0.25) is 0 Å². The molecule has 16 heavy (non-hydrogen) atoms. The van der Waals surface area contributed by atoms with Crippen LogP contribution in [0.5, 0.6) is 0 Å². The zero-order valence-corrected chi connectivity index (χ0v) is 10.6. The number of hydrogen-bond donors (Lipinski definition) is 2. The second-order valence-electron chi connectivity index (χ2n) is 5.78. The molecule has 2 heteroatoms. The van der Waals surface area contributed by atoms with Crippen molar-refractivity contribution < 1.29 is 5.11 Å². The average molecular weight is 225 g/mol. The Balaban J connectivity index is 1.68. The van der Waals surface area contributed by atoms with Crippen LogP contribution >= 0.6 is 0 Å². The number of rotatable bonds is 4. The van der Waals surface area contributed by atoms with Crippen molar-refractivity contribution in [1.29, 1.82) is 0 Å². The molecule has 0 radical (unpaired) electrons. The molecule has 2 nitrogen and oxygen atoms in total. The van der Waals surface area contributed by atoms with Crippen LogP contribution in [-0.2, 0) is 0 Å². The van der Waals surface area contributed by atoms with Crippen molar-refractivity contribution in [2.75, 3.05) is 0 Å². The Kier molecular flexibility index (Phi) is 4.66. The van der Waals surface area contributed by atoms with Crippen molar-refractivity contribution in [2.45, 2.75) is 82.9 Å². The molecular weight excluding hydrogens is 198 g/mol. The number of hydrogen-bond acceptors (Lipinski definition) is 2. The maximum absolute atomic E-state index is 9.79. The van der Waals surface area contributed by atoms with Crippen molar-refractivity contribution in [3.05, 3.63) is 0 Å². The van der Waals surface area contributed by atoms with E-state index in [1.54, 1.807) is 0 Å². The minimum atomic E-state index is -0.0756. The van der Waals surface area contributed by atoms with Gasteiger partial charge in [0.25, 0.3) is 0 Å². The molecule has 2 atom stereocenters. The van der Waals surface area contributed by atoms with Crippen LogP contribution in [0.3, 0.4) is 0 Å². The van der Waals surface area contributed by atoms with E-state index in [4.69, 9.17) is 0 Å².